The van der Waals surface area contributed by atoms with Gasteiger partial charge in [-0.05, 0) is 38.1 Å². The largest absolute Gasteiger partial charge is 0.494 e. The number of benzene rings is 1. The normalized spacial score (nSPS) is 16.3. The lowest BCUT2D eigenvalue weighted by Crippen LogP contribution is -2.47. The first-order chi connectivity index (χ1) is 11.5. The molecule has 0 unspecified atom stereocenters. The molecule has 0 aromatic heterocycles. The maximum Gasteiger partial charge on any atom is 0.233 e. The molecular weight excluding hydrogens is 310 g/mol. The van der Waals surface area contributed by atoms with E-state index in [1.807, 2.05) is 0 Å². The third-order valence-electron chi connectivity index (χ3n) is 4.23. The highest BCUT2D eigenvalue weighted by molar-refractivity contribution is 5.97. The van der Waals surface area contributed by atoms with Gasteiger partial charge in [0.15, 0.2) is 0 Å². The maximum atomic E-state index is 12.8. The van der Waals surface area contributed by atoms with Crippen molar-refractivity contribution in [1.82, 2.24) is 5.32 Å². The minimum Gasteiger partial charge on any atom is -0.494 e. The van der Waals surface area contributed by atoms with E-state index in [1.54, 1.807) is 25.3 Å². The zero-order chi connectivity index (χ0) is 17.6. The zero-order valence-electron chi connectivity index (χ0n) is 14.4. The van der Waals surface area contributed by atoms with Gasteiger partial charge in [0.05, 0.1) is 24.8 Å². The van der Waals surface area contributed by atoms with Crippen molar-refractivity contribution in [3.63, 3.8) is 0 Å². The maximum absolute atomic E-state index is 12.8. The van der Waals surface area contributed by atoms with Crippen LogP contribution in [0.4, 0.5) is 11.4 Å². The number of nitrogens with one attached hydrogen (secondary N) is 3. The molecule has 7 heteroatoms. The van der Waals surface area contributed by atoms with E-state index in [9.17, 15) is 9.59 Å². The highest BCUT2D eigenvalue weighted by Crippen LogP contribution is 2.33. The molecule has 1 aliphatic rings. The van der Waals surface area contributed by atoms with Crippen LogP contribution in [0.15, 0.2) is 18.2 Å². The SMILES string of the molecule is COCC1(C(=O)Nc2ccc(NC(C)=O)c(OC)c2)CCNCC1. The summed E-state index contributed by atoms with van der Waals surface area (Å²) in [6.45, 7) is 3.41. The van der Waals surface area contributed by atoms with Gasteiger partial charge >= 0.3 is 0 Å². The smallest absolute Gasteiger partial charge is 0.233 e. The van der Waals surface area contributed by atoms with E-state index in [0.717, 1.165) is 25.9 Å². The summed E-state index contributed by atoms with van der Waals surface area (Å²) < 4.78 is 10.6. The summed E-state index contributed by atoms with van der Waals surface area (Å²) in [4.78, 5) is 24.0. The molecule has 0 radical (unpaired) electrons. The third-order valence-corrected chi connectivity index (χ3v) is 4.23. The average molecular weight is 335 g/mol. The molecule has 2 rings (SSSR count). The fraction of sp³-hybridized carbons (Fsp3) is 0.529. The second-order valence-electron chi connectivity index (χ2n) is 6.01. The lowest BCUT2D eigenvalue weighted by molar-refractivity contribution is -0.130. The van der Waals surface area contributed by atoms with Gasteiger partial charge < -0.3 is 25.4 Å². The number of rotatable bonds is 6. The van der Waals surface area contributed by atoms with Gasteiger partial charge in [0.1, 0.15) is 5.75 Å². The first kappa shape index (κ1) is 18.2. The number of carbonyl (C=O) groups is 2. The molecule has 7 nitrogen and oxygen atoms in total. The predicted octanol–water partition coefficient (Wildman–Crippen LogP) is 1.61. The van der Waals surface area contributed by atoms with Crippen LogP contribution in [0, 0.1) is 5.41 Å². The van der Waals surface area contributed by atoms with Crippen LogP contribution in [-0.2, 0) is 14.3 Å². The summed E-state index contributed by atoms with van der Waals surface area (Å²) in [5, 5.41) is 8.91. The summed E-state index contributed by atoms with van der Waals surface area (Å²) in [6, 6.07) is 5.15. The van der Waals surface area contributed by atoms with Crippen molar-refractivity contribution < 1.29 is 19.1 Å². The number of ether oxygens (including phenoxy) is 2. The second kappa shape index (κ2) is 8.12. The van der Waals surface area contributed by atoms with Crippen molar-refractivity contribution in [1.29, 1.82) is 0 Å². The molecule has 0 saturated carbocycles. The highest BCUT2D eigenvalue weighted by atomic mass is 16.5. The van der Waals surface area contributed by atoms with Crippen molar-refractivity contribution in [3.05, 3.63) is 18.2 Å². The molecular formula is C17H25N3O4. The van der Waals surface area contributed by atoms with Crippen LogP contribution in [0.5, 0.6) is 5.75 Å². The lowest BCUT2D eigenvalue weighted by Gasteiger charge is -2.35. The quantitative estimate of drug-likeness (QED) is 0.735. The Morgan fingerprint density at radius 1 is 1.21 bits per heavy atom. The summed E-state index contributed by atoms with van der Waals surface area (Å²) in [5.41, 5.74) is 0.667. The van der Waals surface area contributed by atoms with E-state index >= 15 is 0 Å². The van der Waals surface area contributed by atoms with Crippen LogP contribution in [0.1, 0.15) is 19.8 Å². The third kappa shape index (κ3) is 4.24. The molecule has 0 atom stereocenters. The number of piperidine rings is 1. The molecule has 1 fully saturated rings. The monoisotopic (exact) mass is 335 g/mol. The van der Waals surface area contributed by atoms with E-state index in [4.69, 9.17) is 9.47 Å². The number of hydrogen-bond acceptors (Lipinski definition) is 5. The Morgan fingerprint density at radius 3 is 2.50 bits per heavy atom. The first-order valence-corrected chi connectivity index (χ1v) is 7.97. The van der Waals surface area contributed by atoms with Crippen molar-refractivity contribution in [2.45, 2.75) is 19.8 Å². The van der Waals surface area contributed by atoms with Crippen LogP contribution >= 0.6 is 0 Å². The van der Waals surface area contributed by atoms with E-state index in [-0.39, 0.29) is 11.8 Å². The van der Waals surface area contributed by atoms with Crippen molar-refractivity contribution >= 4 is 23.2 Å². The first-order valence-electron chi connectivity index (χ1n) is 7.97. The Hall–Kier alpha value is -2.12. The molecule has 1 aliphatic heterocycles. The molecule has 0 aliphatic carbocycles. The standard InChI is InChI=1S/C17H25N3O4/c1-12(21)19-14-5-4-13(10-15(14)24-3)20-16(22)17(11-23-2)6-8-18-9-7-17/h4-5,10,18H,6-9,11H2,1-3H3,(H,19,21)(H,20,22). The number of carbonyl (C=O) groups excluding carboxylic acids is 2. The second-order valence-corrected chi connectivity index (χ2v) is 6.01. The Balaban J connectivity index is 2.16. The summed E-state index contributed by atoms with van der Waals surface area (Å²) >= 11 is 0. The van der Waals surface area contributed by atoms with Crippen LogP contribution in [-0.4, -0.2) is 45.7 Å². The molecule has 132 valence electrons. The minimum absolute atomic E-state index is 0.0554. The average Bonchev–Trinajstić information content (AvgIpc) is 2.56. The van der Waals surface area contributed by atoms with E-state index < -0.39 is 5.41 Å². The predicted molar refractivity (Wildman–Crippen MR) is 92.3 cm³/mol. The number of anilines is 2. The minimum atomic E-state index is -0.524. The molecule has 0 bridgehead atoms. The summed E-state index contributed by atoms with van der Waals surface area (Å²) in [5.74, 6) is 0.258. The Labute approximate surface area is 142 Å². The van der Waals surface area contributed by atoms with Gasteiger partial charge in [-0.25, -0.2) is 0 Å². The molecule has 1 aromatic rings. The Morgan fingerprint density at radius 2 is 1.92 bits per heavy atom. The van der Waals surface area contributed by atoms with Crippen LogP contribution in [0.25, 0.3) is 0 Å². The topological polar surface area (TPSA) is 88.7 Å². The van der Waals surface area contributed by atoms with Crippen molar-refractivity contribution in [2.75, 3.05) is 44.5 Å². The summed E-state index contributed by atoms with van der Waals surface area (Å²) in [6.07, 6.45) is 1.46. The van der Waals surface area contributed by atoms with Gasteiger partial charge in [-0.1, -0.05) is 0 Å². The molecule has 1 saturated heterocycles. The van der Waals surface area contributed by atoms with Crippen molar-refractivity contribution in [3.8, 4) is 5.75 Å². The van der Waals surface area contributed by atoms with Gasteiger partial charge in [-0.2, -0.15) is 0 Å². The van der Waals surface area contributed by atoms with E-state index in [2.05, 4.69) is 16.0 Å². The lowest BCUT2D eigenvalue weighted by atomic mass is 9.78. The fourth-order valence-corrected chi connectivity index (χ4v) is 2.94. The van der Waals surface area contributed by atoms with Gasteiger partial charge in [0, 0.05) is 25.8 Å². The van der Waals surface area contributed by atoms with Gasteiger partial charge in [-0.3, -0.25) is 9.59 Å². The van der Waals surface area contributed by atoms with Crippen LogP contribution < -0.4 is 20.7 Å². The molecule has 0 spiro atoms. The van der Waals surface area contributed by atoms with Gasteiger partial charge in [0.25, 0.3) is 0 Å². The zero-order valence-corrected chi connectivity index (χ0v) is 14.4. The Bertz CT molecular complexity index is 592. The molecule has 1 heterocycles. The van der Waals surface area contributed by atoms with Crippen molar-refractivity contribution in [2.24, 2.45) is 5.41 Å². The van der Waals surface area contributed by atoms with Gasteiger partial charge in [0.2, 0.25) is 11.8 Å². The fourth-order valence-electron chi connectivity index (χ4n) is 2.94. The van der Waals surface area contributed by atoms with Crippen LogP contribution in [0.2, 0.25) is 0 Å². The summed E-state index contributed by atoms with van der Waals surface area (Å²) in [7, 11) is 3.13. The highest BCUT2D eigenvalue weighted by Gasteiger charge is 2.39. The number of hydrogen-bond donors (Lipinski definition) is 3. The Kier molecular flexibility index (Phi) is 6.16. The number of methoxy groups -OCH3 is 2. The van der Waals surface area contributed by atoms with E-state index in [1.165, 1.54) is 14.0 Å². The number of amides is 2. The molecule has 3 N–H and O–H groups in total. The molecule has 24 heavy (non-hydrogen) atoms. The van der Waals surface area contributed by atoms with Gasteiger partial charge in [-0.15, -0.1) is 0 Å². The molecule has 1 aromatic carbocycles. The molecule has 2 amide bonds. The van der Waals surface area contributed by atoms with E-state index in [0.29, 0.717) is 23.7 Å². The van der Waals surface area contributed by atoms with Crippen LogP contribution in [0.3, 0.4) is 0 Å².